The van der Waals surface area contributed by atoms with E-state index in [1.54, 1.807) is 30.3 Å². The Labute approximate surface area is 144 Å². The minimum atomic E-state index is -2.84. The SMILES string of the molecule is COc1ccc(C(=O)NCCc2ccc(OC(F)F)cc2)cc1OC. The smallest absolute Gasteiger partial charge is 0.387 e. The molecule has 2 rings (SSSR count). The molecule has 0 saturated heterocycles. The monoisotopic (exact) mass is 351 g/mol. The second-order valence-corrected chi connectivity index (χ2v) is 5.10. The van der Waals surface area contributed by atoms with Crippen LogP contribution in [-0.4, -0.2) is 33.3 Å². The highest BCUT2D eigenvalue weighted by Gasteiger charge is 2.10. The van der Waals surface area contributed by atoms with Gasteiger partial charge in [-0.2, -0.15) is 8.78 Å². The molecule has 0 radical (unpaired) electrons. The predicted molar refractivity (Wildman–Crippen MR) is 88.7 cm³/mol. The van der Waals surface area contributed by atoms with E-state index in [0.29, 0.717) is 30.0 Å². The summed E-state index contributed by atoms with van der Waals surface area (Å²) in [5.41, 5.74) is 1.35. The molecule has 1 N–H and O–H groups in total. The van der Waals surface area contributed by atoms with Gasteiger partial charge in [-0.25, -0.2) is 0 Å². The van der Waals surface area contributed by atoms with Crippen LogP contribution in [0.25, 0.3) is 0 Å². The van der Waals surface area contributed by atoms with E-state index >= 15 is 0 Å². The number of benzene rings is 2. The molecule has 0 unspecified atom stereocenters. The van der Waals surface area contributed by atoms with E-state index in [2.05, 4.69) is 10.1 Å². The van der Waals surface area contributed by atoms with Gasteiger partial charge < -0.3 is 19.5 Å². The van der Waals surface area contributed by atoms with Crippen molar-refractivity contribution in [1.29, 1.82) is 0 Å². The molecule has 0 fully saturated rings. The Bertz CT molecular complexity index is 705. The number of halogens is 2. The van der Waals surface area contributed by atoms with Crippen LogP contribution in [0.3, 0.4) is 0 Å². The van der Waals surface area contributed by atoms with Crippen molar-refractivity contribution in [1.82, 2.24) is 5.32 Å². The lowest BCUT2D eigenvalue weighted by atomic mass is 10.1. The van der Waals surface area contributed by atoms with Crippen molar-refractivity contribution < 1.29 is 27.8 Å². The molecular weight excluding hydrogens is 332 g/mol. The van der Waals surface area contributed by atoms with Crippen LogP contribution in [0, 0.1) is 0 Å². The first kappa shape index (κ1) is 18.5. The number of hydrogen-bond donors (Lipinski definition) is 1. The van der Waals surface area contributed by atoms with Crippen molar-refractivity contribution >= 4 is 5.91 Å². The summed E-state index contributed by atoms with van der Waals surface area (Å²) < 4.78 is 38.8. The summed E-state index contributed by atoms with van der Waals surface area (Å²) >= 11 is 0. The predicted octanol–water partition coefficient (Wildman–Crippen LogP) is 3.28. The quantitative estimate of drug-likeness (QED) is 0.793. The van der Waals surface area contributed by atoms with Crippen LogP contribution >= 0.6 is 0 Å². The summed E-state index contributed by atoms with van der Waals surface area (Å²) in [6.07, 6.45) is 0.563. The normalized spacial score (nSPS) is 10.4. The number of carbonyl (C=O) groups excluding carboxylic acids is 1. The molecule has 0 bridgehead atoms. The maximum Gasteiger partial charge on any atom is 0.387 e. The van der Waals surface area contributed by atoms with Crippen LogP contribution in [0.2, 0.25) is 0 Å². The Kier molecular flexibility index (Phi) is 6.56. The zero-order valence-corrected chi connectivity index (χ0v) is 13.9. The Morgan fingerprint density at radius 3 is 2.32 bits per heavy atom. The number of alkyl halides is 2. The molecule has 0 spiro atoms. The maximum absolute atomic E-state index is 12.2. The van der Waals surface area contributed by atoms with E-state index in [-0.39, 0.29) is 11.7 Å². The highest BCUT2D eigenvalue weighted by molar-refractivity contribution is 5.94. The summed E-state index contributed by atoms with van der Waals surface area (Å²) in [5.74, 6) is 0.890. The molecule has 25 heavy (non-hydrogen) atoms. The van der Waals surface area contributed by atoms with Crippen molar-refractivity contribution in [3.63, 3.8) is 0 Å². The highest BCUT2D eigenvalue weighted by atomic mass is 19.3. The zero-order valence-electron chi connectivity index (χ0n) is 13.9. The Morgan fingerprint density at radius 1 is 1.04 bits per heavy atom. The lowest BCUT2D eigenvalue weighted by Gasteiger charge is -2.10. The lowest BCUT2D eigenvalue weighted by molar-refractivity contribution is -0.0498. The molecule has 2 aromatic rings. The Balaban J connectivity index is 1.88. The van der Waals surface area contributed by atoms with Crippen molar-refractivity contribution in [2.45, 2.75) is 13.0 Å². The number of hydrogen-bond acceptors (Lipinski definition) is 4. The molecular formula is C18H19F2NO4. The van der Waals surface area contributed by atoms with E-state index in [1.807, 2.05) is 0 Å². The molecule has 0 aromatic heterocycles. The van der Waals surface area contributed by atoms with Gasteiger partial charge in [-0.05, 0) is 42.3 Å². The number of methoxy groups -OCH3 is 2. The molecule has 5 nitrogen and oxygen atoms in total. The van der Waals surface area contributed by atoms with Gasteiger partial charge in [-0.15, -0.1) is 0 Å². The average Bonchev–Trinajstić information content (AvgIpc) is 2.62. The van der Waals surface area contributed by atoms with E-state index in [0.717, 1.165) is 5.56 Å². The van der Waals surface area contributed by atoms with Gasteiger partial charge in [-0.3, -0.25) is 4.79 Å². The summed E-state index contributed by atoms with van der Waals surface area (Å²) in [6.45, 7) is -2.44. The second-order valence-electron chi connectivity index (χ2n) is 5.10. The maximum atomic E-state index is 12.2. The Hall–Kier alpha value is -2.83. The zero-order chi connectivity index (χ0) is 18.2. The first-order valence-electron chi connectivity index (χ1n) is 7.57. The lowest BCUT2D eigenvalue weighted by Crippen LogP contribution is -2.25. The van der Waals surface area contributed by atoms with Crippen LogP contribution in [0.15, 0.2) is 42.5 Å². The summed E-state index contributed by atoms with van der Waals surface area (Å²) in [6, 6.07) is 11.2. The second kappa shape index (κ2) is 8.86. The minimum absolute atomic E-state index is 0.105. The average molecular weight is 351 g/mol. The van der Waals surface area contributed by atoms with Gasteiger partial charge >= 0.3 is 6.61 Å². The van der Waals surface area contributed by atoms with Crippen LogP contribution in [-0.2, 0) is 6.42 Å². The summed E-state index contributed by atoms with van der Waals surface area (Å²) in [4.78, 5) is 12.2. The number of amides is 1. The highest BCUT2D eigenvalue weighted by Crippen LogP contribution is 2.27. The van der Waals surface area contributed by atoms with E-state index < -0.39 is 6.61 Å². The standard InChI is InChI=1S/C18H19F2NO4/c1-23-15-8-5-13(11-16(15)24-2)17(22)21-10-9-12-3-6-14(7-4-12)25-18(19)20/h3-8,11,18H,9-10H2,1-2H3,(H,21,22). The summed E-state index contributed by atoms with van der Waals surface area (Å²) in [5, 5.41) is 2.80. The molecule has 7 heteroatoms. The van der Waals surface area contributed by atoms with Crippen molar-refractivity contribution in [3.05, 3.63) is 53.6 Å². The fourth-order valence-electron chi connectivity index (χ4n) is 2.24. The molecule has 0 saturated carbocycles. The van der Waals surface area contributed by atoms with Crippen LogP contribution in [0.5, 0.6) is 17.2 Å². The van der Waals surface area contributed by atoms with Gasteiger partial charge in [0.05, 0.1) is 14.2 Å². The van der Waals surface area contributed by atoms with Gasteiger partial charge in [0, 0.05) is 12.1 Å². The molecule has 134 valence electrons. The van der Waals surface area contributed by atoms with Crippen molar-refractivity contribution in [2.24, 2.45) is 0 Å². The fraction of sp³-hybridized carbons (Fsp3) is 0.278. The van der Waals surface area contributed by atoms with Gasteiger partial charge in [0.25, 0.3) is 5.91 Å². The number of rotatable bonds is 8. The van der Waals surface area contributed by atoms with Gasteiger partial charge in [0.2, 0.25) is 0 Å². The topological polar surface area (TPSA) is 56.8 Å². The number of carbonyl (C=O) groups is 1. The minimum Gasteiger partial charge on any atom is -0.493 e. The van der Waals surface area contributed by atoms with Crippen LogP contribution in [0.4, 0.5) is 8.78 Å². The fourth-order valence-corrected chi connectivity index (χ4v) is 2.24. The molecule has 0 aliphatic carbocycles. The van der Waals surface area contributed by atoms with Crippen LogP contribution in [0.1, 0.15) is 15.9 Å². The largest absolute Gasteiger partial charge is 0.493 e. The molecule has 0 atom stereocenters. The molecule has 0 aliphatic rings. The third-order valence-corrected chi connectivity index (χ3v) is 3.49. The number of ether oxygens (including phenoxy) is 3. The van der Waals surface area contributed by atoms with Gasteiger partial charge in [0.15, 0.2) is 11.5 Å². The third-order valence-electron chi connectivity index (χ3n) is 3.49. The van der Waals surface area contributed by atoms with E-state index in [1.165, 1.54) is 26.4 Å². The molecule has 1 amide bonds. The van der Waals surface area contributed by atoms with E-state index in [4.69, 9.17) is 9.47 Å². The third kappa shape index (κ3) is 5.34. The van der Waals surface area contributed by atoms with Crippen LogP contribution < -0.4 is 19.5 Å². The van der Waals surface area contributed by atoms with Crippen molar-refractivity contribution in [3.8, 4) is 17.2 Å². The molecule has 2 aromatic carbocycles. The number of nitrogens with one attached hydrogen (secondary N) is 1. The molecule has 0 heterocycles. The molecule has 0 aliphatic heterocycles. The first-order valence-corrected chi connectivity index (χ1v) is 7.57. The summed E-state index contributed by atoms with van der Waals surface area (Å²) in [7, 11) is 3.02. The van der Waals surface area contributed by atoms with Crippen molar-refractivity contribution in [2.75, 3.05) is 20.8 Å². The first-order chi connectivity index (χ1) is 12.0. The Morgan fingerprint density at radius 2 is 1.72 bits per heavy atom. The van der Waals surface area contributed by atoms with Gasteiger partial charge in [0.1, 0.15) is 5.75 Å². The van der Waals surface area contributed by atoms with Gasteiger partial charge in [-0.1, -0.05) is 12.1 Å². The van der Waals surface area contributed by atoms with E-state index in [9.17, 15) is 13.6 Å².